The van der Waals surface area contributed by atoms with Gasteiger partial charge in [0.15, 0.2) is 17.3 Å². The molecule has 0 saturated heterocycles. The van der Waals surface area contributed by atoms with Crippen LogP contribution < -0.4 is 9.47 Å². The molecule has 4 rings (SSSR count). The predicted octanol–water partition coefficient (Wildman–Crippen LogP) is 5.32. The number of rotatable bonds is 8. The normalized spacial score (nSPS) is 12.2. The number of imidazole rings is 1. The minimum Gasteiger partial charge on any atom is -0.493 e. The van der Waals surface area contributed by atoms with Gasteiger partial charge in [-0.25, -0.2) is 4.98 Å². The van der Waals surface area contributed by atoms with Gasteiger partial charge in [0.05, 0.1) is 19.9 Å². The molecule has 1 unspecified atom stereocenters. The van der Waals surface area contributed by atoms with Crippen LogP contribution in [0.5, 0.6) is 11.5 Å². The third-order valence-corrected chi connectivity index (χ3v) is 6.76. The molecule has 6 nitrogen and oxygen atoms in total. The Labute approximate surface area is 191 Å². The summed E-state index contributed by atoms with van der Waals surface area (Å²) in [6, 6.07) is 11.3. The third-order valence-electron chi connectivity index (χ3n) is 5.63. The van der Waals surface area contributed by atoms with Crippen molar-refractivity contribution in [3.05, 3.63) is 64.9 Å². The van der Waals surface area contributed by atoms with Gasteiger partial charge in [-0.3, -0.25) is 4.79 Å². The number of nitrogens with zero attached hydrogens (tertiary/aromatic N) is 2. The van der Waals surface area contributed by atoms with Crippen molar-refractivity contribution in [2.45, 2.75) is 25.9 Å². The van der Waals surface area contributed by atoms with Gasteiger partial charge in [-0.15, -0.1) is 11.3 Å². The van der Waals surface area contributed by atoms with Crippen LogP contribution in [0.3, 0.4) is 0 Å². The van der Waals surface area contributed by atoms with Gasteiger partial charge in [-0.05, 0) is 37.1 Å². The molecule has 1 N–H and O–H groups in total. The minimum absolute atomic E-state index is 0.0706. The zero-order valence-corrected chi connectivity index (χ0v) is 19.4. The van der Waals surface area contributed by atoms with Gasteiger partial charge >= 0.3 is 0 Å². The number of aryl methyl sites for hydroxylation is 2. The summed E-state index contributed by atoms with van der Waals surface area (Å²) in [5.74, 6) is 1.55. The summed E-state index contributed by atoms with van der Waals surface area (Å²) in [7, 11) is 4.95. The van der Waals surface area contributed by atoms with Crippen LogP contribution in [-0.2, 0) is 7.05 Å². The van der Waals surface area contributed by atoms with E-state index < -0.39 is 6.10 Å². The van der Waals surface area contributed by atoms with Gasteiger partial charge in [-0.2, -0.15) is 0 Å². The molecule has 32 heavy (non-hydrogen) atoms. The zero-order chi connectivity index (χ0) is 22.8. The number of carbonyl (C=O) groups excluding carboxylic acids is 1. The minimum atomic E-state index is -0.843. The van der Waals surface area contributed by atoms with Crippen LogP contribution >= 0.6 is 11.3 Å². The monoisotopic (exact) mass is 450 g/mol. The highest BCUT2D eigenvalue weighted by Crippen LogP contribution is 2.36. The van der Waals surface area contributed by atoms with Crippen LogP contribution in [0.2, 0.25) is 0 Å². The lowest BCUT2D eigenvalue weighted by Crippen LogP contribution is -2.08. The smallest absolute Gasteiger partial charge is 0.163 e. The maximum absolute atomic E-state index is 12.7. The molecule has 4 aromatic rings. The van der Waals surface area contributed by atoms with Crippen LogP contribution in [0.25, 0.3) is 21.3 Å². The molecule has 7 heteroatoms. The summed E-state index contributed by atoms with van der Waals surface area (Å²) in [5, 5.41) is 14.0. The van der Waals surface area contributed by atoms with Crippen molar-refractivity contribution in [3.8, 4) is 22.8 Å². The third kappa shape index (κ3) is 4.13. The molecular weight excluding hydrogens is 424 g/mol. The van der Waals surface area contributed by atoms with E-state index in [9.17, 15) is 9.90 Å². The molecular formula is C25H26N2O4S. The van der Waals surface area contributed by atoms with Crippen molar-refractivity contribution in [3.63, 3.8) is 0 Å². The second-order valence-electron chi connectivity index (χ2n) is 7.74. The Morgan fingerprint density at radius 3 is 2.72 bits per heavy atom. The predicted molar refractivity (Wildman–Crippen MR) is 127 cm³/mol. The average molecular weight is 451 g/mol. The first-order chi connectivity index (χ1) is 15.4. The Kier molecular flexibility index (Phi) is 6.30. The lowest BCUT2D eigenvalue weighted by atomic mass is 10.0. The van der Waals surface area contributed by atoms with Crippen molar-refractivity contribution in [1.29, 1.82) is 0 Å². The summed E-state index contributed by atoms with van der Waals surface area (Å²) in [6.45, 7) is 2.10. The number of carbonyl (C=O) groups is 1. The molecule has 0 radical (unpaired) electrons. The number of benzene rings is 2. The SMILES string of the molecule is COc1ccc(C(=O)CCC(O)c2nc(-c3csc4c(C)cccc34)cn2C)cc1OC. The van der Waals surface area contributed by atoms with Gasteiger partial charge in [-0.1, -0.05) is 18.2 Å². The topological polar surface area (TPSA) is 73.6 Å². The lowest BCUT2D eigenvalue weighted by molar-refractivity contribution is 0.0932. The summed E-state index contributed by atoms with van der Waals surface area (Å²) in [5.41, 5.74) is 3.65. The number of fused-ring (bicyclic) bond motifs is 1. The molecule has 166 valence electrons. The molecule has 0 aliphatic rings. The highest BCUT2D eigenvalue weighted by Gasteiger charge is 2.20. The van der Waals surface area contributed by atoms with Crippen LogP contribution in [-0.4, -0.2) is 34.7 Å². The van der Waals surface area contributed by atoms with E-state index >= 15 is 0 Å². The van der Waals surface area contributed by atoms with E-state index in [2.05, 4.69) is 24.4 Å². The standard InChI is InChI=1S/C25H26N2O4S/c1-15-6-5-7-17-18(14-32-24(15)17)19-13-27(2)25(26-19)21(29)10-9-20(28)16-8-11-22(30-3)23(12-16)31-4/h5-8,11-14,21,29H,9-10H2,1-4H3. The Hall–Kier alpha value is -3.16. The van der Waals surface area contributed by atoms with Crippen LogP contribution in [0.15, 0.2) is 48.0 Å². The highest BCUT2D eigenvalue weighted by molar-refractivity contribution is 7.18. The van der Waals surface area contributed by atoms with Crippen molar-refractivity contribution in [2.24, 2.45) is 7.05 Å². The van der Waals surface area contributed by atoms with Crippen molar-refractivity contribution >= 4 is 27.2 Å². The van der Waals surface area contributed by atoms with E-state index in [1.54, 1.807) is 36.6 Å². The fourth-order valence-corrected chi connectivity index (χ4v) is 4.91. The number of aromatic nitrogens is 2. The molecule has 0 saturated carbocycles. The number of ether oxygens (including phenoxy) is 2. The molecule has 1 atom stereocenters. The lowest BCUT2D eigenvalue weighted by Gasteiger charge is -2.11. The summed E-state index contributed by atoms with van der Waals surface area (Å²) in [4.78, 5) is 17.4. The zero-order valence-electron chi connectivity index (χ0n) is 18.6. The maximum atomic E-state index is 12.7. The molecule has 2 aromatic carbocycles. The second-order valence-corrected chi connectivity index (χ2v) is 8.62. The van der Waals surface area contributed by atoms with Crippen LogP contribution in [0.4, 0.5) is 0 Å². The molecule has 0 aliphatic heterocycles. The Balaban J connectivity index is 1.50. The van der Waals surface area contributed by atoms with Gasteiger partial charge in [0.25, 0.3) is 0 Å². The first kappa shape index (κ1) is 22.0. The van der Waals surface area contributed by atoms with Gasteiger partial charge in [0.1, 0.15) is 11.9 Å². The number of hydrogen-bond acceptors (Lipinski definition) is 6. The molecule has 0 amide bonds. The van der Waals surface area contributed by atoms with Crippen LogP contribution in [0.1, 0.15) is 40.7 Å². The number of ketones is 1. The summed E-state index contributed by atoms with van der Waals surface area (Å²) in [6.07, 6.45) is 1.56. The van der Waals surface area contributed by atoms with Gasteiger partial charge in [0.2, 0.25) is 0 Å². The first-order valence-electron chi connectivity index (χ1n) is 10.4. The van der Waals surface area contributed by atoms with E-state index in [1.807, 2.05) is 23.9 Å². The van der Waals surface area contributed by atoms with Crippen molar-refractivity contribution in [1.82, 2.24) is 9.55 Å². The second kappa shape index (κ2) is 9.14. The Morgan fingerprint density at radius 2 is 1.97 bits per heavy atom. The fourth-order valence-electron chi connectivity index (χ4n) is 3.87. The number of aliphatic hydroxyl groups is 1. The Bertz CT molecular complexity index is 1270. The molecule has 0 bridgehead atoms. The number of thiophene rings is 1. The van der Waals surface area contributed by atoms with E-state index in [0.29, 0.717) is 22.9 Å². The van der Waals surface area contributed by atoms with E-state index in [4.69, 9.17) is 14.5 Å². The van der Waals surface area contributed by atoms with Gasteiger partial charge in [0, 0.05) is 46.3 Å². The molecule has 0 fully saturated rings. The molecule has 2 aromatic heterocycles. The first-order valence-corrected chi connectivity index (χ1v) is 11.2. The number of methoxy groups -OCH3 is 2. The van der Waals surface area contributed by atoms with E-state index in [1.165, 1.54) is 17.4 Å². The molecule has 2 heterocycles. The quantitative estimate of drug-likeness (QED) is 0.368. The van der Waals surface area contributed by atoms with Crippen LogP contribution in [0, 0.1) is 6.92 Å². The number of aliphatic hydroxyl groups excluding tert-OH is 1. The average Bonchev–Trinajstić information content (AvgIpc) is 3.41. The fraction of sp³-hybridized carbons (Fsp3) is 0.280. The number of Topliss-reactive ketones (excluding diaryl/α,β-unsaturated/α-hetero) is 1. The van der Waals surface area contributed by atoms with E-state index in [-0.39, 0.29) is 18.6 Å². The summed E-state index contributed by atoms with van der Waals surface area (Å²) >= 11 is 1.70. The Morgan fingerprint density at radius 1 is 1.19 bits per heavy atom. The highest BCUT2D eigenvalue weighted by atomic mass is 32.1. The van der Waals surface area contributed by atoms with Crippen molar-refractivity contribution in [2.75, 3.05) is 14.2 Å². The van der Waals surface area contributed by atoms with E-state index in [0.717, 1.165) is 16.6 Å². The maximum Gasteiger partial charge on any atom is 0.163 e. The van der Waals surface area contributed by atoms with Crippen molar-refractivity contribution < 1.29 is 19.4 Å². The number of hydrogen-bond donors (Lipinski definition) is 1. The summed E-state index contributed by atoms with van der Waals surface area (Å²) < 4.78 is 13.6. The largest absolute Gasteiger partial charge is 0.493 e. The molecule has 0 spiro atoms. The van der Waals surface area contributed by atoms with Gasteiger partial charge < -0.3 is 19.1 Å². The molecule has 0 aliphatic carbocycles.